The van der Waals surface area contributed by atoms with Gasteiger partial charge in [-0.1, -0.05) is 35.3 Å². The molecule has 1 heterocycles. The molecular formula is C18H13Cl2NO4. The molecule has 2 amide bonds. The van der Waals surface area contributed by atoms with Crippen LogP contribution in [0.25, 0.3) is 5.57 Å². The SMILES string of the molecule is COc1ccc(C2=C(Cl)C(=O)N(c3cccc(Cl)c3)C2=O)cc1OC. The molecule has 2 aromatic carbocycles. The Morgan fingerprint density at radius 2 is 1.60 bits per heavy atom. The van der Waals surface area contributed by atoms with Gasteiger partial charge in [-0.2, -0.15) is 0 Å². The fraction of sp³-hybridized carbons (Fsp3) is 0.111. The van der Waals surface area contributed by atoms with Gasteiger partial charge >= 0.3 is 0 Å². The molecule has 7 heteroatoms. The molecule has 25 heavy (non-hydrogen) atoms. The summed E-state index contributed by atoms with van der Waals surface area (Å²) < 4.78 is 10.4. The highest BCUT2D eigenvalue weighted by molar-refractivity contribution is 6.60. The maximum atomic E-state index is 12.8. The molecule has 1 aliphatic heterocycles. The van der Waals surface area contributed by atoms with Gasteiger partial charge in [-0.05, 0) is 35.9 Å². The van der Waals surface area contributed by atoms with E-state index < -0.39 is 11.8 Å². The number of hydrogen-bond donors (Lipinski definition) is 0. The zero-order valence-electron chi connectivity index (χ0n) is 13.4. The van der Waals surface area contributed by atoms with Gasteiger partial charge in [0.25, 0.3) is 11.8 Å². The fourth-order valence-electron chi connectivity index (χ4n) is 2.59. The second-order valence-electron chi connectivity index (χ2n) is 5.18. The van der Waals surface area contributed by atoms with Crippen LogP contribution in [0.15, 0.2) is 47.5 Å². The van der Waals surface area contributed by atoms with Crippen molar-refractivity contribution in [3.63, 3.8) is 0 Å². The van der Waals surface area contributed by atoms with Crippen LogP contribution in [0.4, 0.5) is 5.69 Å². The Morgan fingerprint density at radius 3 is 2.24 bits per heavy atom. The summed E-state index contributed by atoms with van der Waals surface area (Å²) in [6.45, 7) is 0. The van der Waals surface area contributed by atoms with Crippen LogP contribution in [0, 0.1) is 0 Å². The van der Waals surface area contributed by atoms with Gasteiger partial charge in [0.15, 0.2) is 11.5 Å². The third kappa shape index (κ3) is 2.97. The first kappa shape index (κ1) is 17.3. The predicted octanol–water partition coefficient (Wildman–Crippen LogP) is 3.88. The molecule has 128 valence electrons. The van der Waals surface area contributed by atoms with Crippen molar-refractivity contribution >= 4 is 46.3 Å². The van der Waals surface area contributed by atoms with E-state index >= 15 is 0 Å². The van der Waals surface area contributed by atoms with Gasteiger partial charge in [0.05, 0.1) is 25.5 Å². The van der Waals surface area contributed by atoms with E-state index in [1.807, 2.05) is 0 Å². The Bertz CT molecular complexity index is 908. The summed E-state index contributed by atoms with van der Waals surface area (Å²) in [5.41, 5.74) is 0.925. The molecule has 0 saturated heterocycles. The molecule has 0 spiro atoms. The standard InChI is InChI=1S/C18H13Cl2NO4/c1-24-13-7-6-10(8-14(13)25-2)15-16(20)18(23)21(17(15)22)12-5-3-4-11(19)9-12/h3-9H,1-2H3. The monoisotopic (exact) mass is 377 g/mol. The van der Waals surface area contributed by atoms with Crippen LogP contribution >= 0.6 is 23.2 Å². The van der Waals surface area contributed by atoms with E-state index in [9.17, 15) is 9.59 Å². The molecule has 3 rings (SSSR count). The molecule has 5 nitrogen and oxygen atoms in total. The molecule has 0 bridgehead atoms. The van der Waals surface area contributed by atoms with Crippen molar-refractivity contribution in [3.8, 4) is 11.5 Å². The largest absolute Gasteiger partial charge is 0.493 e. The zero-order chi connectivity index (χ0) is 18.1. The van der Waals surface area contributed by atoms with Gasteiger partial charge in [0.1, 0.15) is 5.03 Å². The lowest BCUT2D eigenvalue weighted by Crippen LogP contribution is -2.31. The van der Waals surface area contributed by atoms with Crippen LogP contribution in [0.3, 0.4) is 0 Å². The van der Waals surface area contributed by atoms with E-state index in [-0.39, 0.29) is 10.6 Å². The van der Waals surface area contributed by atoms with Crippen LogP contribution in [-0.4, -0.2) is 26.0 Å². The number of rotatable bonds is 4. The molecule has 0 unspecified atom stereocenters. The fourth-order valence-corrected chi connectivity index (χ4v) is 3.05. The van der Waals surface area contributed by atoms with Gasteiger partial charge in [-0.15, -0.1) is 0 Å². The van der Waals surface area contributed by atoms with E-state index in [4.69, 9.17) is 32.7 Å². The van der Waals surface area contributed by atoms with Crippen molar-refractivity contribution in [1.29, 1.82) is 0 Å². The van der Waals surface area contributed by atoms with E-state index in [0.717, 1.165) is 4.90 Å². The summed E-state index contributed by atoms with van der Waals surface area (Å²) >= 11 is 12.1. The number of amides is 2. The molecule has 0 atom stereocenters. The first-order chi connectivity index (χ1) is 12.0. The summed E-state index contributed by atoms with van der Waals surface area (Å²) in [4.78, 5) is 26.3. The van der Waals surface area contributed by atoms with Crippen molar-refractivity contribution in [2.45, 2.75) is 0 Å². The number of imide groups is 1. The maximum absolute atomic E-state index is 12.8. The lowest BCUT2D eigenvalue weighted by Gasteiger charge is -2.15. The number of nitrogens with zero attached hydrogens (tertiary/aromatic N) is 1. The van der Waals surface area contributed by atoms with Crippen LogP contribution < -0.4 is 14.4 Å². The lowest BCUT2D eigenvalue weighted by molar-refractivity contribution is -0.119. The Balaban J connectivity index is 2.06. The molecule has 0 saturated carbocycles. The van der Waals surface area contributed by atoms with Crippen molar-refractivity contribution < 1.29 is 19.1 Å². The molecule has 0 aromatic heterocycles. The number of carbonyl (C=O) groups is 2. The summed E-state index contributed by atoms with van der Waals surface area (Å²) in [7, 11) is 2.99. The van der Waals surface area contributed by atoms with Gasteiger partial charge < -0.3 is 9.47 Å². The molecule has 2 aromatic rings. The third-order valence-corrected chi connectivity index (χ3v) is 4.35. The van der Waals surface area contributed by atoms with E-state index in [1.165, 1.54) is 20.3 Å². The molecule has 0 aliphatic carbocycles. The number of halogens is 2. The highest BCUT2D eigenvalue weighted by atomic mass is 35.5. The highest BCUT2D eigenvalue weighted by Gasteiger charge is 2.39. The van der Waals surface area contributed by atoms with Crippen molar-refractivity contribution in [2.24, 2.45) is 0 Å². The lowest BCUT2D eigenvalue weighted by atomic mass is 10.1. The summed E-state index contributed by atoms with van der Waals surface area (Å²) in [5, 5.41) is 0.256. The maximum Gasteiger partial charge on any atom is 0.277 e. The van der Waals surface area contributed by atoms with Gasteiger partial charge in [0, 0.05) is 5.02 Å². The van der Waals surface area contributed by atoms with Crippen LogP contribution in [0.1, 0.15) is 5.56 Å². The molecule has 0 fully saturated rings. The number of hydrogen-bond acceptors (Lipinski definition) is 4. The Labute approximate surface area is 154 Å². The second kappa shape index (κ2) is 6.78. The van der Waals surface area contributed by atoms with Gasteiger partial charge in [-0.3, -0.25) is 9.59 Å². The van der Waals surface area contributed by atoms with Crippen LogP contribution in [-0.2, 0) is 9.59 Å². The second-order valence-corrected chi connectivity index (χ2v) is 6.00. The van der Waals surface area contributed by atoms with Crippen molar-refractivity contribution in [1.82, 2.24) is 0 Å². The minimum atomic E-state index is -0.598. The van der Waals surface area contributed by atoms with E-state index in [1.54, 1.807) is 36.4 Å². The number of carbonyl (C=O) groups excluding carboxylic acids is 2. The highest BCUT2D eigenvalue weighted by Crippen LogP contribution is 2.38. The third-order valence-electron chi connectivity index (χ3n) is 3.77. The van der Waals surface area contributed by atoms with Crippen molar-refractivity contribution in [2.75, 3.05) is 19.1 Å². The number of methoxy groups -OCH3 is 2. The van der Waals surface area contributed by atoms with Crippen LogP contribution in [0.5, 0.6) is 11.5 Å². The van der Waals surface area contributed by atoms with E-state index in [2.05, 4.69) is 0 Å². The van der Waals surface area contributed by atoms with Gasteiger partial charge in [-0.25, -0.2) is 4.90 Å². The zero-order valence-corrected chi connectivity index (χ0v) is 14.9. The summed E-state index contributed by atoms with van der Waals surface area (Å²) in [6.07, 6.45) is 0. The van der Waals surface area contributed by atoms with Crippen molar-refractivity contribution in [3.05, 3.63) is 58.1 Å². The minimum Gasteiger partial charge on any atom is -0.493 e. The first-order valence-corrected chi connectivity index (χ1v) is 8.00. The number of anilines is 1. The van der Waals surface area contributed by atoms with Gasteiger partial charge in [0.2, 0.25) is 0 Å². The quantitative estimate of drug-likeness (QED) is 0.758. The topological polar surface area (TPSA) is 55.8 Å². The Morgan fingerprint density at radius 1 is 0.880 bits per heavy atom. The molecule has 1 aliphatic rings. The normalized spacial score (nSPS) is 14.3. The average molecular weight is 378 g/mol. The Kier molecular flexibility index (Phi) is 4.70. The smallest absolute Gasteiger partial charge is 0.277 e. The molecule has 0 radical (unpaired) electrons. The molecular weight excluding hydrogens is 365 g/mol. The minimum absolute atomic E-state index is 0.104. The summed E-state index contributed by atoms with van der Waals surface area (Å²) in [6, 6.07) is 11.3. The number of benzene rings is 2. The first-order valence-electron chi connectivity index (χ1n) is 7.24. The number of ether oxygens (including phenoxy) is 2. The summed E-state index contributed by atoms with van der Waals surface area (Å²) in [5.74, 6) is -0.187. The predicted molar refractivity (Wildman–Crippen MR) is 96.3 cm³/mol. The Hall–Kier alpha value is -2.50. The average Bonchev–Trinajstić information content (AvgIpc) is 2.83. The van der Waals surface area contributed by atoms with E-state index in [0.29, 0.717) is 27.8 Å². The van der Waals surface area contributed by atoms with Crippen LogP contribution in [0.2, 0.25) is 5.02 Å². The molecule has 0 N–H and O–H groups in total.